The molecule has 1 atom stereocenters. The van der Waals surface area contributed by atoms with Crippen molar-refractivity contribution in [2.75, 3.05) is 19.0 Å². The van der Waals surface area contributed by atoms with Crippen LogP contribution >= 0.6 is 0 Å². The van der Waals surface area contributed by atoms with Crippen molar-refractivity contribution in [2.45, 2.75) is 19.4 Å². The molecule has 5 nitrogen and oxygen atoms in total. The standard InChI is InChI=1S/C19H19FN2O3/c1-12-5-3-4-6-16(12)21-18(23)17-15-11-14(20)8-7-13(15)9-10-22(17)19(24)25-2/h3-8,11,17H,9-10H2,1-2H3,(H,21,23). The largest absolute Gasteiger partial charge is 0.453 e. The average Bonchev–Trinajstić information content (AvgIpc) is 2.61. The molecule has 0 saturated heterocycles. The number of carbonyl (C=O) groups is 2. The van der Waals surface area contributed by atoms with Gasteiger partial charge in [0.2, 0.25) is 0 Å². The van der Waals surface area contributed by atoms with Crippen molar-refractivity contribution < 1.29 is 18.7 Å². The summed E-state index contributed by atoms with van der Waals surface area (Å²) in [6.45, 7) is 2.21. The summed E-state index contributed by atoms with van der Waals surface area (Å²) in [4.78, 5) is 26.4. The quantitative estimate of drug-likeness (QED) is 0.909. The van der Waals surface area contributed by atoms with E-state index in [0.717, 1.165) is 11.1 Å². The monoisotopic (exact) mass is 342 g/mol. The van der Waals surface area contributed by atoms with Gasteiger partial charge in [0.1, 0.15) is 11.9 Å². The van der Waals surface area contributed by atoms with Crippen LogP contribution in [0.5, 0.6) is 0 Å². The van der Waals surface area contributed by atoms with E-state index >= 15 is 0 Å². The van der Waals surface area contributed by atoms with Crippen LogP contribution in [0.3, 0.4) is 0 Å². The second kappa shape index (κ2) is 6.93. The summed E-state index contributed by atoms with van der Waals surface area (Å²) in [5, 5.41) is 2.84. The number of aryl methyl sites for hydroxylation is 1. The molecule has 0 saturated carbocycles. The molecule has 0 aromatic heterocycles. The number of nitrogens with one attached hydrogen (secondary N) is 1. The zero-order valence-corrected chi connectivity index (χ0v) is 14.1. The number of benzene rings is 2. The molecule has 2 aromatic carbocycles. The minimum Gasteiger partial charge on any atom is -0.453 e. The third kappa shape index (κ3) is 3.33. The predicted molar refractivity (Wildman–Crippen MR) is 91.8 cm³/mol. The molecule has 25 heavy (non-hydrogen) atoms. The Labute approximate surface area is 145 Å². The molecule has 1 heterocycles. The van der Waals surface area contributed by atoms with E-state index in [1.807, 2.05) is 25.1 Å². The van der Waals surface area contributed by atoms with Crippen molar-refractivity contribution >= 4 is 17.7 Å². The molecule has 130 valence electrons. The second-order valence-corrected chi connectivity index (χ2v) is 5.96. The molecule has 1 unspecified atom stereocenters. The van der Waals surface area contributed by atoms with Crippen LogP contribution in [0.1, 0.15) is 22.7 Å². The second-order valence-electron chi connectivity index (χ2n) is 5.96. The van der Waals surface area contributed by atoms with Crippen LogP contribution in [0.15, 0.2) is 42.5 Å². The number of nitrogens with zero attached hydrogens (tertiary/aromatic N) is 1. The summed E-state index contributed by atoms with van der Waals surface area (Å²) >= 11 is 0. The Bertz CT molecular complexity index is 822. The molecular weight excluding hydrogens is 323 g/mol. The zero-order valence-electron chi connectivity index (χ0n) is 14.1. The van der Waals surface area contributed by atoms with Gasteiger partial charge in [-0.1, -0.05) is 24.3 Å². The predicted octanol–water partition coefficient (Wildman–Crippen LogP) is 3.44. The lowest BCUT2D eigenvalue weighted by molar-refractivity contribution is -0.121. The topological polar surface area (TPSA) is 58.6 Å². The van der Waals surface area contributed by atoms with Crippen molar-refractivity contribution in [1.29, 1.82) is 0 Å². The number of hydrogen-bond acceptors (Lipinski definition) is 3. The number of halogens is 1. The highest BCUT2D eigenvalue weighted by Crippen LogP contribution is 2.32. The lowest BCUT2D eigenvalue weighted by Gasteiger charge is -2.35. The normalized spacial score (nSPS) is 16.1. The molecule has 2 amide bonds. The number of rotatable bonds is 2. The van der Waals surface area contributed by atoms with Crippen molar-refractivity contribution in [3.8, 4) is 0 Å². The van der Waals surface area contributed by atoms with Crippen molar-refractivity contribution in [1.82, 2.24) is 4.90 Å². The molecule has 1 aliphatic heterocycles. The van der Waals surface area contributed by atoms with Gasteiger partial charge in [-0.3, -0.25) is 9.69 Å². The number of methoxy groups -OCH3 is 1. The number of hydrogen-bond donors (Lipinski definition) is 1. The van der Waals surface area contributed by atoms with Crippen LogP contribution in [-0.4, -0.2) is 30.6 Å². The first-order valence-corrected chi connectivity index (χ1v) is 8.00. The van der Waals surface area contributed by atoms with E-state index in [9.17, 15) is 14.0 Å². The van der Waals surface area contributed by atoms with Gasteiger partial charge in [-0.25, -0.2) is 9.18 Å². The molecule has 1 aliphatic rings. The Balaban J connectivity index is 1.99. The van der Waals surface area contributed by atoms with E-state index in [0.29, 0.717) is 24.2 Å². The number of fused-ring (bicyclic) bond motifs is 1. The van der Waals surface area contributed by atoms with E-state index < -0.39 is 23.9 Å². The zero-order chi connectivity index (χ0) is 18.0. The number of para-hydroxylation sites is 1. The first-order valence-electron chi connectivity index (χ1n) is 8.00. The molecule has 0 aliphatic carbocycles. The number of amides is 2. The van der Waals surface area contributed by atoms with Crippen molar-refractivity contribution in [2.24, 2.45) is 0 Å². The fourth-order valence-corrected chi connectivity index (χ4v) is 3.10. The van der Waals surface area contributed by atoms with E-state index in [1.165, 1.54) is 24.1 Å². The number of anilines is 1. The van der Waals surface area contributed by atoms with E-state index in [1.54, 1.807) is 12.1 Å². The SMILES string of the molecule is COC(=O)N1CCc2ccc(F)cc2C1C(=O)Nc1ccccc1C. The highest BCUT2D eigenvalue weighted by Gasteiger charge is 2.37. The Morgan fingerprint density at radius 1 is 1.24 bits per heavy atom. The van der Waals surface area contributed by atoms with Gasteiger partial charge in [-0.15, -0.1) is 0 Å². The summed E-state index contributed by atoms with van der Waals surface area (Å²) in [6, 6.07) is 10.7. The lowest BCUT2D eigenvalue weighted by atomic mass is 9.92. The number of carbonyl (C=O) groups excluding carboxylic acids is 2. The highest BCUT2D eigenvalue weighted by atomic mass is 19.1. The van der Waals surface area contributed by atoms with E-state index in [-0.39, 0.29) is 0 Å². The van der Waals surface area contributed by atoms with Crippen molar-refractivity contribution in [3.63, 3.8) is 0 Å². The smallest absolute Gasteiger partial charge is 0.410 e. The molecular formula is C19H19FN2O3. The number of ether oxygens (including phenoxy) is 1. The maximum atomic E-state index is 13.8. The Morgan fingerprint density at radius 3 is 2.72 bits per heavy atom. The van der Waals surface area contributed by atoms with Gasteiger partial charge in [-0.05, 0) is 48.2 Å². The summed E-state index contributed by atoms with van der Waals surface area (Å²) in [7, 11) is 1.26. The summed E-state index contributed by atoms with van der Waals surface area (Å²) in [5.74, 6) is -0.842. The minimum absolute atomic E-state index is 0.331. The lowest BCUT2D eigenvalue weighted by Crippen LogP contribution is -2.45. The molecule has 0 spiro atoms. The summed E-state index contributed by atoms with van der Waals surface area (Å²) in [6.07, 6.45) is -0.0707. The van der Waals surface area contributed by atoms with Gasteiger partial charge in [-0.2, -0.15) is 0 Å². The van der Waals surface area contributed by atoms with Crippen LogP contribution < -0.4 is 5.32 Å². The van der Waals surface area contributed by atoms with Gasteiger partial charge in [0.05, 0.1) is 7.11 Å². The molecule has 3 rings (SSSR count). The Morgan fingerprint density at radius 2 is 2.00 bits per heavy atom. The molecule has 2 aromatic rings. The molecule has 0 radical (unpaired) electrons. The van der Waals surface area contributed by atoms with E-state index in [4.69, 9.17) is 4.74 Å². The van der Waals surface area contributed by atoms with Crippen LogP contribution in [0.25, 0.3) is 0 Å². The first-order chi connectivity index (χ1) is 12.0. The van der Waals surface area contributed by atoms with Crippen LogP contribution in [0.2, 0.25) is 0 Å². The molecule has 6 heteroatoms. The Hall–Kier alpha value is -2.89. The maximum Gasteiger partial charge on any atom is 0.410 e. The molecule has 1 N–H and O–H groups in total. The highest BCUT2D eigenvalue weighted by molar-refractivity contribution is 5.98. The van der Waals surface area contributed by atoms with Crippen LogP contribution in [0.4, 0.5) is 14.9 Å². The van der Waals surface area contributed by atoms with Gasteiger partial charge in [0, 0.05) is 12.2 Å². The minimum atomic E-state index is -0.938. The summed E-state index contributed by atoms with van der Waals surface area (Å²) < 4.78 is 18.6. The van der Waals surface area contributed by atoms with Crippen LogP contribution in [0, 0.1) is 12.7 Å². The summed E-state index contributed by atoms with van der Waals surface area (Å²) in [5.41, 5.74) is 2.89. The van der Waals surface area contributed by atoms with Gasteiger partial charge in [0.25, 0.3) is 5.91 Å². The third-order valence-corrected chi connectivity index (χ3v) is 4.40. The van der Waals surface area contributed by atoms with Gasteiger partial charge < -0.3 is 10.1 Å². The first kappa shape index (κ1) is 17.0. The molecule has 0 bridgehead atoms. The Kier molecular flexibility index (Phi) is 4.70. The van der Waals surface area contributed by atoms with Gasteiger partial charge >= 0.3 is 6.09 Å². The molecule has 0 fully saturated rings. The fourth-order valence-electron chi connectivity index (χ4n) is 3.10. The average molecular weight is 342 g/mol. The fraction of sp³-hybridized carbons (Fsp3) is 0.263. The van der Waals surface area contributed by atoms with E-state index in [2.05, 4.69) is 5.32 Å². The van der Waals surface area contributed by atoms with Crippen LogP contribution in [-0.2, 0) is 16.0 Å². The third-order valence-electron chi connectivity index (χ3n) is 4.40. The van der Waals surface area contributed by atoms with Gasteiger partial charge in [0.15, 0.2) is 0 Å². The maximum absolute atomic E-state index is 13.8. The van der Waals surface area contributed by atoms with Crippen molar-refractivity contribution in [3.05, 3.63) is 65.0 Å².